The van der Waals surface area contributed by atoms with Crippen LogP contribution >= 0.6 is 24.0 Å². The van der Waals surface area contributed by atoms with E-state index >= 15 is 0 Å². The van der Waals surface area contributed by atoms with E-state index in [1.807, 2.05) is 6.92 Å². The van der Waals surface area contributed by atoms with Crippen LogP contribution in [0.4, 0.5) is 0 Å². The first-order valence-electron chi connectivity index (χ1n) is 6.66. The molecule has 0 bridgehead atoms. The van der Waals surface area contributed by atoms with Gasteiger partial charge in [-0.05, 0) is 38.4 Å². The molecule has 1 fully saturated rings. The third-order valence-corrected chi connectivity index (χ3v) is 4.89. The summed E-state index contributed by atoms with van der Waals surface area (Å²) < 4.78 is 16.3. The van der Waals surface area contributed by atoms with Crippen LogP contribution in [0.2, 0.25) is 0 Å². The molecule has 0 amide bonds. The summed E-state index contributed by atoms with van der Waals surface area (Å²) in [5, 5.41) is 0.225. The van der Waals surface area contributed by atoms with Crippen molar-refractivity contribution in [3.63, 3.8) is 0 Å². The van der Waals surface area contributed by atoms with Crippen LogP contribution in [0.25, 0.3) is 0 Å². The van der Waals surface area contributed by atoms with E-state index in [4.69, 9.17) is 26.4 Å². The van der Waals surface area contributed by atoms with Gasteiger partial charge in [0.1, 0.15) is 0 Å². The van der Waals surface area contributed by atoms with Crippen molar-refractivity contribution in [2.45, 2.75) is 44.5 Å². The minimum absolute atomic E-state index is 0.134. The second kappa shape index (κ2) is 8.76. The summed E-state index contributed by atoms with van der Waals surface area (Å²) in [5.41, 5.74) is 0. The Morgan fingerprint density at radius 3 is 2.84 bits per heavy atom. The third kappa shape index (κ3) is 4.93. The number of carbonyl (C=O) groups excluding carboxylic acids is 1. The molecule has 6 heteroatoms. The van der Waals surface area contributed by atoms with Gasteiger partial charge in [0.05, 0.1) is 13.7 Å². The van der Waals surface area contributed by atoms with Gasteiger partial charge in [-0.25, -0.2) is 4.79 Å². The van der Waals surface area contributed by atoms with E-state index in [9.17, 15) is 4.79 Å². The molecular weight excluding hydrogens is 284 g/mol. The molecule has 0 N–H and O–H groups in total. The van der Waals surface area contributed by atoms with Gasteiger partial charge in [0.2, 0.25) is 4.38 Å². The number of rotatable bonds is 5. The lowest BCUT2D eigenvalue weighted by atomic mass is 9.89. The van der Waals surface area contributed by atoms with Crippen molar-refractivity contribution in [2.24, 2.45) is 5.92 Å². The van der Waals surface area contributed by atoms with Crippen molar-refractivity contribution in [2.75, 3.05) is 20.3 Å². The van der Waals surface area contributed by atoms with Gasteiger partial charge in [-0.15, -0.1) is 0 Å². The SMILES string of the molecule is CCOC(=S)SC(CC)[C@H]1CCCO[C@@H]1C(=O)OC. The Labute approximate surface area is 124 Å². The van der Waals surface area contributed by atoms with Crippen molar-refractivity contribution < 1.29 is 19.0 Å². The van der Waals surface area contributed by atoms with E-state index in [0.29, 0.717) is 17.6 Å². The molecule has 110 valence electrons. The molecule has 1 heterocycles. The average Bonchev–Trinajstić information content (AvgIpc) is 2.44. The monoisotopic (exact) mass is 306 g/mol. The van der Waals surface area contributed by atoms with E-state index in [1.54, 1.807) is 0 Å². The molecule has 0 aromatic heterocycles. The van der Waals surface area contributed by atoms with Crippen LogP contribution in [0.1, 0.15) is 33.1 Å². The fraction of sp³-hybridized carbons (Fsp3) is 0.846. The number of esters is 1. The number of carbonyl (C=O) groups is 1. The molecule has 1 aliphatic heterocycles. The highest BCUT2D eigenvalue weighted by Crippen LogP contribution is 2.34. The molecule has 0 spiro atoms. The molecule has 1 saturated heterocycles. The Bertz CT molecular complexity index is 309. The normalized spacial score (nSPS) is 24.6. The van der Waals surface area contributed by atoms with Crippen LogP contribution in [-0.4, -0.2) is 42.0 Å². The minimum atomic E-state index is -0.472. The van der Waals surface area contributed by atoms with Crippen molar-refractivity contribution in [3.8, 4) is 0 Å². The Morgan fingerprint density at radius 2 is 2.26 bits per heavy atom. The lowest BCUT2D eigenvalue weighted by Gasteiger charge is -2.34. The second-order valence-electron chi connectivity index (χ2n) is 4.37. The van der Waals surface area contributed by atoms with Crippen LogP contribution in [0.3, 0.4) is 0 Å². The maximum Gasteiger partial charge on any atom is 0.335 e. The maximum absolute atomic E-state index is 11.8. The first-order chi connectivity index (χ1) is 9.13. The molecule has 0 aromatic carbocycles. The predicted molar refractivity (Wildman–Crippen MR) is 80.4 cm³/mol. The van der Waals surface area contributed by atoms with Gasteiger partial charge in [0.25, 0.3) is 0 Å². The van der Waals surface area contributed by atoms with Crippen LogP contribution in [0.15, 0.2) is 0 Å². The van der Waals surface area contributed by atoms with Crippen molar-refractivity contribution in [1.82, 2.24) is 0 Å². The number of ether oxygens (including phenoxy) is 3. The predicted octanol–water partition coefficient (Wildman–Crippen LogP) is 2.79. The van der Waals surface area contributed by atoms with Crippen LogP contribution in [0, 0.1) is 5.92 Å². The summed E-state index contributed by atoms with van der Waals surface area (Å²) >= 11 is 6.71. The number of thioether (sulfide) groups is 1. The molecule has 4 nitrogen and oxygen atoms in total. The molecule has 0 aliphatic carbocycles. The van der Waals surface area contributed by atoms with Gasteiger partial charge >= 0.3 is 5.97 Å². The van der Waals surface area contributed by atoms with Gasteiger partial charge in [-0.3, -0.25) is 0 Å². The Morgan fingerprint density at radius 1 is 1.53 bits per heavy atom. The Hall–Kier alpha value is -0.330. The van der Waals surface area contributed by atoms with Crippen molar-refractivity contribution >= 4 is 34.3 Å². The molecule has 0 radical (unpaired) electrons. The molecule has 19 heavy (non-hydrogen) atoms. The van der Waals surface area contributed by atoms with Crippen LogP contribution < -0.4 is 0 Å². The highest BCUT2D eigenvalue weighted by molar-refractivity contribution is 8.23. The second-order valence-corrected chi connectivity index (χ2v) is 6.21. The molecule has 0 saturated carbocycles. The van der Waals surface area contributed by atoms with Crippen LogP contribution in [0.5, 0.6) is 0 Å². The molecule has 1 aliphatic rings. The van der Waals surface area contributed by atoms with Crippen LogP contribution in [-0.2, 0) is 19.0 Å². The number of thiocarbonyl (C=S) groups is 1. The summed E-state index contributed by atoms with van der Waals surface area (Å²) in [4.78, 5) is 11.8. The number of hydrogen-bond donors (Lipinski definition) is 0. The van der Waals surface area contributed by atoms with E-state index in [2.05, 4.69) is 6.92 Å². The molecular formula is C13H22O4S2. The molecule has 3 atom stereocenters. The summed E-state index contributed by atoms with van der Waals surface area (Å²) in [6, 6.07) is 0. The quantitative estimate of drug-likeness (QED) is 0.575. The fourth-order valence-electron chi connectivity index (χ4n) is 2.29. The molecule has 0 aromatic rings. The topological polar surface area (TPSA) is 44.8 Å². The van der Waals surface area contributed by atoms with Crippen molar-refractivity contribution in [3.05, 3.63) is 0 Å². The zero-order valence-corrected chi connectivity index (χ0v) is 13.4. The summed E-state index contributed by atoms with van der Waals surface area (Å²) in [5.74, 6) is -0.152. The standard InChI is InChI=1S/C13H22O4S2/c1-4-10(19-13(18)16-5-2)9-7-6-8-17-11(9)12(14)15-3/h9-11H,4-8H2,1-3H3/t9-,10?,11+/m1/s1. The highest BCUT2D eigenvalue weighted by atomic mass is 32.2. The number of methoxy groups -OCH3 is 1. The van der Waals surface area contributed by atoms with Gasteiger partial charge in [0.15, 0.2) is 6.10 Å². The van der Waals surface area contributed by atoms with E-state index in [0.717, 1.165) is 19.3 Å². The van der Waals surface area contributed by atoms with Gasteiger partial charge in [-0.2, -0.15) is 0 Å². The van der Waals surface area contributed by atoms with Gasteiger partial charge in [0, 0.05) is 17.8 Å². The summed E-state index contributed by atoms with van der Waals surface area (Å²) in [6.07, 6.45) is 2.37. The van der Waals surface area contributed by atoms with Gasteiger partial charge in [-0.1, -0.05) is 18.7 Å². The zero-order chi connectivity index (χ0) is 14.3. The summed E-state index contributed by atoms with van der Waals surface area (Å²) in [7, 11) is 1.40. The Balaban J connectivity index is 2.69. The lowest BCUT2D eigenvalue weighted by molar-refractivity contribution is -0.161. The third-order valence-electron chi connectivity index (χ3n) is 3.19. The highest BCUT2D eigenvalue weighted by Gasteiger charge is 2.38. The maximum atomic E-state index is 11.8. The van der Waals surface area contributed by atoms with Crippen molar-refractivity contribution in [1.29, 1.82) is 0 Å². The Kier molecular flexibility index (Phi) is 7.71. The largest absolute Gasteiger partial charge is 0.479 e. The smallest absolute Gasteiger partial charge is 0.335 e. The van der Waals surface area contributed by atoms with E-state index in [1.165, 1.54) is 18.9 Å². The first kappa shape index (κ1) is 16.7. The number of hydrogen-bond acceptors (Lipinski definition) is 6. The van der Waals surface area contributed by atoms with E-state index < -0.39 is 6.10 Å². The lowest BCUT2D eigenvalue weighted by Crippen LogP contribution is -2.42. The first-order valence-corrected chi connectivity index (χ1v) is 7.95. The summed E-state index contributed by atoms with van der Waals surface area (Å²) in [6.45, 7) is 5.20. The molecule has 1 unspecified atom stereocenters. The minimum Gasteiger partial charge on any atom is -0.479 e. The molecule has 1 rings (SSSR count). The van der Waals surface area contributed by atoms with Gasteiger partial charge < -0.3 is 14.2 Å². The van der Waals surface area contributed by atoms with E-state index in [-0.39, 0.29) is 17.1 Å². The fourth-order valence-corrected chi connectivity index (χ4v) is 3.84. The average molecular weight is 306 g/mol. The zero-order valence-electron chi connectivity index (χ0n) is 11.7.